The van der Waals surface area contributed by atoms with E-state index in [0.717, 1.165) is 29.2 Å². The van der Waals surface area contributed by atoms with Gasteiger partial charge in [-0.3, -0.25) is 9.78 Å². The standard InChI is InChI=1S/C16H17NO/c1-11-6-7-12(8-11)16(18)15-10-17-9-13-4-2-3-5-14(13)15/h2-5,9-12H,6-8H2,1H3. The van der Waals surface area contributed by atoms with Crippen LogP contribution in [0.4, 0.5) is 0 Å². The summed E-state index contributed by atoms with van der Waals surface area (Å²) in [5.74, 6) is 1.16. The van der Waals surface area contributed by atoms with Gasteiger partial charge in [-0.15, -0.1) is 0 Å². The number of fused-ring (bicyclic) bond motifs is 1. The van der Waals surface area contributed by atoms with Crippen LogP contribution in [0.5, 0.6) is 0 Å². The monoisotopic (exact) mass is 239 g/mol. The van der Waals surface area contributed by atoms with Gasteiger partial charge >= 0.3 is 0 Å². The molecule has 2 heteroatoms. The number of rotatable bonds is 2. The number of nitrogens with zero attached hydrogens (tertiary/aromatic N) is 1. The van der Waals surface area contributed by atoms with Crippen LogP contribution in [-0.4, -0.2) is 10.8 Å². The van der Waals surface area contributed by atoms with E-state index in [4.69, 9.17) is 0 Å². The molecule has 1 aromatic heterocycles. The van der Waals surface area contributed by atoms with Crippen LogP contribution < -0.4 is 0 Å². The minimum absolute atomic E-state index is 0.201. The molecule has 0 spiro atoms. The molecule has 0 amide bonds. The fourth-order valence-electron chi connectivity index (χ4n) is 2.98. The van der Waals surface area contributed by atoms with Crippen LogP contribution in [0.3, 0.4) is 0 Å². The Hall–Kier alpha value is -1.70. The van der Waals surface area contributed by atoms with Gasteiger partial charge < -0.3 is 0 Å². The van der Waals surface area contributed by atoms with Crippen LogP contribution in [0.15, 0.2) is 36.7 Å². The first-order valence-corrected chi connectivity index (χ1v) is 6.62. The van der Waals surface area contributed by atoms with Crippen LogP contribution in [0.2, 0.25) is 0 Å². The number of Topliss-reactive ketones (excluding diaryl/α,β-unsaturated/α-hetero) is 1. The number of benzene rings is 1. The van der Waals surface area contributed by atoms with Crippen LogP contribution in [0.1, 0.15) is 36.5 Å². The number of carbonyl (C=O) groups is 1. The summed E-state index contributed by atoms with van der Waals surface area (Å²) in [6, 6.07) is 7.99. The van der Waals surface area contributed by atoms with Crippen molar-refractivity contribution in [1.82, 2.24) is 4.98 Å². The summed E-state index contributed by atoms with van der Waals surface area (Å²) in [5.41, 5.74) is 0.798. The first-order valence-electron chi connectivity index (χ1n) is 6.62. The van der Waals surface area contributed by atoms with Crippen molar-refractivity contribution in [2.24, 2.45) is 11.8 Å². The molecule has 92 valence electrons. The largest absolute Gasteiger partial charge is 0.294 e. The fraction of sp³-hybridized carbons (Fsp3) is 0.375. The number of ketones is 1. The van der Waals surface area contributed by atoms with Crippen molar-refractivity contribution in [2.45, 2.75) is 26.2 Å². The highest BCUT2D eigenvalue weighted by Gasteiger charge is 2.28. The lowest BCUT2D eigenvalue weighted by molar-refractivity contribution is 0.0922. The molecule has 1 fully saturated rings. The summed E-state index contributed by atoms with van der Waals surface area (Å²) in [7, 11) is 0. The first-order chi connectivity index (χ1) is 8.75. The van der Waals surface area contributed by atoms with E-state index in [0.29, 0.717) is 5.92 Å². The molecule has 0 N–H and O–H groups in total. The molecule has 1 aromatic carbocycles. The maximum Gasteiger partial charge on any atom is 0.168 e. The average molecular weight is 239 g/mol. The van der Waals surface area contributed by atoms with Crippen molar-refractivity contribution in [1.29, 1.82) is 0 Å². The van der Waals surface area contributed by atoms with Crippen molar-refractivity contribution >= 4 is 16.6 Å². The third-order valence-corrected chi connectivity index (χ3v) is 4.00. The smallest absolute Gasteiger partial charge is 0.168 e. The predicted octanol–water partition coefficient (Wildman–Crippen LogP) is 3.85. The number of aromatic nitrogens is 1. The molecule has 18 heavy (non-hydrogen) atoms. The highest BCUT2D eigenvalue weighted by atomic mass is 16.1. The Morgan fingerprint density at radius 3 is 2.83 bits per heavy atom. The second-order valence-corrected chi connectivity index (χ2v) is 5.39. The molecule has 2 atom stereocenters. The maximum absolute atomic E-state index is 12.6. The zero-order chi connectivity index (χ0) is 12.5. The van der Waals surface area contributed by atoms with E-state index in [1.54, 1.807) is 6.20 Å². The van der Waals surface area contributed by atoms with Gasteiger partial charge in [-0.2, -0.15) is 0 Å². The van der Waals surface area contributed by atoms with Crippen molar-refractivity contribution in [3.63, 3.8) is 0 Å². The van der Waals surface area contributed by atoms with Gasteiger partial charge in [0.15, 0.2) is 5.78 Å². The Balaban J connectivity index is 2.01. The second kappa shape index (κ2) is 4.52. The van der Waals surface area contributed by atoms with Gasteiger partial charge in [-0.05, 0) is 30.6 Å². The topological polar surface area (TPSA) is 30.0 Å². The van der Waals surface area contributed by atoms with E-state index < -0.39 is 0 Å². The van der Waals surface area contributed by atoms with Gasteiger partial charge in [0, 0.05) is 29.3 Å². The summed E-state index contributed by atoms with van der Waals surface area (Å²) < 4.78 is 0. The van der Waals surface area contributed by atoms with E-state index in [1.165, 1.54) is 6.42 Å². The molecule has 0 saturated heterocycles. The lowest BCUT2D eigenvalue weighted by Crippen LogP contribution is -2.12. The van der Waals surface area contributed by atoms with Crippen molar-refractivity contribution in [3.8, 4) is 0 Å². The van der Waals surface area contributed by atoms with E-state index in [-0.39, 0.29) is 11.7 Å². The Bertz CT molecular complexity index is 585. The molecule has 1 aliphatic carbocycles. The predicted molar refractivity (Wildman–Crippen MR) is 72.6 cm³/mol. The summed E-state index contributed by atoms with van der Waals surface area (Å²) >= 11 is 0. The lowest BCUT2D eigenvalue weighted by atomic mass is 9.93. The minimum atomic E-state index is 0.201. The molecular weight excluding hydrogens is 222 g/mol. The molecular formula is C16H17NO. The quantitative estimate of drug-likeness (QED) is 0.745. The Kier molecular flexibility index (Phi) is 2.86. The van der Waals surface area contributed by atoms with Gasteiger partial charge in [-0.25, -0.2) is 0 Å². The number of hydrogen-bond acceptors (Lipinski definition) is 2. The van der Waals surface area contributed by atoms with E-state index in [1.807, 2.05) is 30.5 Å². The average Bonchev–Trinajstić information content (AvgIpc) is 2.84. The van der Waals surface area contributed by atoms with Crippen LogP contribution in [0.25, 0.3) is 10.8 Å². The molecule has 1 heterocycles. The Morgan fingerprint density at radius 1 is 1.22 bits per heavy atom. The van der Waals surface area contributed by atoms with E-state index in [2.05, 4.69) is 11.9 Å². The molecule has 0 radical (unpaired) electrons. The highest BCUT2D eigenvalue weighted by Crippen LogP contribution is 2.33. The van der Waals surface area contributed by atoms with Crippen molar-refractivity contribution in [3.05, 3.63) is 42.2 Å². The third kappa shape index (κ3) is 1.92. The number of carbonyl (C=O) groups excluding carboxylic acids is 1. The molecule has 1 saturated carbocycles. The SMILES string of the molecule is CC1CCC(C(=O)c2cncc3ccccc23)C1. The summed E-state index contributed by atoms with van der Waals surface area (Å²) in [6.45, 7) is 2.23. The van der Waals surface area contributed by atoms with Gasteiger partial charge in [0.2, 0.25) is 0 Å². The van der Waals surface area contributed by atoms with Gasteiger partial charge in [0.05, 0.1) is 0 Å². The fourth-order valence-corrected chi connectivity index (χ4v) is 2.98. The van der Waals surface area contributed by atoms with E-state index in [9.17, 15) is 4.79 Å². The molecule has 1 aliphatic rings. The molecule has 0 bridgehead atoms. The second-order valence-electron chi connectivity index (χ2n) is 5.39. The van der Waals surface area contributed by atoms with Gasteiger partial charge in [-0.1, -0.05) is 31.2 Å². The first kappa shape index (κ1) is 11.4. The normalized spacial score (nSPS) is 23.4. The van der Waals surface area contributed by atoms with Crippen LogP contribution in [-0.2, 0) is 0 Å². The van der Waals surface area contributed by atoms with Crippen LogP contribution >= 0.6 is 0 Å². The summed E-state index contributed by atoms with van der Waals surface area (Å²) in [6.07, 6.45) is 6.79. The van der Waals surface area contributed by atoms with E-state index >= 15 is 0 Å². The van der Waals surface area contributed by atoms with Gasteiger partial charge in [0.25, 0.3) is 0 Å². The molecule has 2 aromatic rings. The number of pyridine rings is 1. The zero-order valence-electron chi connectivity index (χ0n) is 10.6. The van der Waals surface area contributed by atoms with Crippen molar-refractivity contribution < 1.29 is 4.79 Å². The zero-order valence-corrected chi connectivity index (χ0v) is 10.6. The number of hydrogen-bond donors (Lipinski definition) is 0. The third-order valence-electron chi connectivity index (χ3n) is 4.00. The van der Waals surface area contributed by atoms with Gasteiger partial charge in [0.1, 0.15) is 0 Å². The van der Waals surface area contributed by atoms with Crippen molar-refractivity contribution in [2.75, 3.05) is 0 Å². The maximum atomic E-state index is 12.6. The van der Waals surface area contributed by atoms with Crippen LogP contribution in [0, 0.1) is 11.8 Å². The molecule has 3 rings (SSSR count). The molecule has 2 unspecified atom stereocenters. The highest BCUT2D eigenvalue weighted by molar-refractivity contribution is 6.08. The molecule has 0 aliphatic heterocycles. The lowest BCUT2D eigenvalue weighted by Gasteiger charge is -2.10. The molecule has 2 nitrogen and oxygen atoms in total. The Labute approximate surface area is 107 Å². The summed E-state index contributed by atoms with van der Waals surface area (Å²) in [4.78, 5) is 16.8. The Morgan fingerprint density at radius 2 is 2.06 bits per heavy atom. The minimum Gasteiger partial charge on any atom is -0.294 e. The summed E-state index contributed by atoms with van der Waals surface area (Å²) in [5, 5.41) is 2.09.